The molecule has 3 N–H and O–H groups in total. The van der Waals surface area contributed by atoms with Gasteiger partial charge in [0.1, 0.15) is 0 Å². The molecular formula is C16H23N3S. The number of thiophene rings is 1. The zero-order chi connectivity index (χ0) is 14.2. The van der Waals surface area contributed by atoms with Crippen molar-refractivity contribution in [2.45, 2.75) is 19.5 Å². The molecule has 1 aromatic carbocycles. The number of hydrogen-bond acceptors (Lipinski definition) is 4. The number of nitrogens with zero attached hydrogens (tertiary/aromatic N) is 1. The quantitative estimate of drug-likeness (QED) is 0.734. The fourth-order valence-electron chi connectivity index (χ4n) is 2.14. The first-order chi connectivity index (χ1) is 9.75. The van der Waals surface area contributed by atoms with Gasteiger partial charge in [-0.3, -0.25) is 0 Å². The van der Waals surface area contributed by atoms with E-state index in [2.05, 4.69) is 47.6 Å². The predicted octanol–water partition coefficient (Wildman–Crippen LogP) is 2.94. The molecule has 0 saturated carbocycles. The van der Waals surface area contributed by atoms with E-state index in [1.165, 1.54) is 10.4 Å². The minimum absolute atomic E-state index is 0.881. The van der Waals surface area contributed by atoms with Crippen LogP contribution in [0, 0.1) is 0 Å². The highest BCUT2D eigenvalue weighted by Crippen LogP contribution is 2.17. The van der Waals surface area contributed by atoms with E-state index in [-0.39, 0.29) is 0 Å². The minimum atomic E-state index is 0.881. The second-order valence-electron chi connectivity index (χ2n) is 5.05. The van der Waals surface area contributed by atoms with Gasteiger partial charge in [0, 0.05) is 23.7 Å². The van der Waals surface area contributed by atoms with Crippen molar-refractivity contribution in [2.24, 2.45) is 0 Å². The summed E-state index contributed by atoms with van der Waals surface area (Å²) in [5, 5.41) is 5.49. The summed E-state index contributed by atoms with van der Waals surface area (Å²) >= 11 is 1.72. The highest BCUT2D eigenvalue weighted by molar-refractivity contribution is 7.10. The molecule has 4 heteroatoms. The largest absolute Gasteiger partial charge is 0.398 e. The van der Waals surface area contributed by atoms with Crippen LogP contribution in [0.5, 0.6) is 0 Å². The number of benzene rings is 1. The molecule has 0 spiro atoms. The van der Waals surface area contributed by atoms with Crippen LogP contribution in [0.15, 0.2) is 41.8 Å². The lowest BCUT2D eigenvalue weighted by molar-refractivity contribution is 0.319. The number of anilines is 1. The van der Waals surface area contributed by atoms with Gasteiger partial charge in [0.25, 0.3) is 0 Å². The Balaban J connectivity index is 1.58. The molecule has 0 amide bonds. The van der Waals surface area contributed by atoms with E-state index in [1.807, 2.05) is 11.4 Å². The van der Waals surface area contributed by atoms with Gasteiger partial charge in [0.15, 0.2) is 0 Å². The van der Waals surface area contributed by atoms with Gasteiger partial charge in [-0.15, -0.1) is 11.3 Å². The fourth-order valence-corrected chi connectivity index (χ4v) is 2.91. The monoisotopic (exact) mass is 289 g/mol. The van der Waals surface area contributed by atoms with Gasteiger partial charge in [-0.25, -0.2) is 0 Å². The summed E-state index contributed by atoms with van der Waals surface area (Å²) in [5.41, 5.74) is 8.13. The minimum Gasteiger partial charge on any atom is -0.398 e. The molecule has 2 rings (SSSR count). The van der Waals surface area contributed by atoms with Crippen LogP contribution in [-0.4, -0.2) is 25.0 Å². The van der Waals surface area contributed by atoms with Crippen molar-refractivity contribution in [3.8, 4) is 0 Å². The van der Waals surface area contributed by atoms with Gasteiger partial charge < -0.3 is 16.0 Å². The van der Waals surface area contributed by atoms with E-state index in [4.69, 9.17) is 5.73 Å². The number of rotatable bonds is 8. The van der Waals surface area contributed by atoms with Gasteiger partial charge >= 0.3 is 0 Å². The van der Waals surface area contributed by atoms with Gasteiger partial charge in [0.2, 0.25) is 0 Å². The Morgan fingerprint density at radius 1 is 1.20 bits per heavy atom. The smallest absolute Gasteiger partial charge is 0.0468 e. The molecule has 3 nitrogen and oxygen atoms in total. The molecule has 2 aromatic rings. The zero-order valence-corrected chi connectivity index (χ0v) is 12.8. The van der Waals surface area contributed by atoms with E-state index in [0.717, 1.165) is 38.3 Å². The molecule has 0 radical (unpaired) electrons. The number of nitrogen functional groups attached to an aromatic ring is 1. The molecule has 0 aliphatic carbocycles. The van der Waals surface area contributed by atoms with Crippen LogP contribution in [-0.2, 0) is 13.1 Å². The Morgan fingerprint density at radius 2 is 2.00 bits per heavy atom. The number of hydrogen-bond donors (Lipinski definition) is 2. The van der Waals surface area contributed by atoms with Crippen LogP contribution in [0.3, 0.4) is 0 Å². The molecule has 0 unspecified atom stereocenters. The maximum atomic E-state index is 5.85. The molecule has 108 valence electrons. The molecule has 0 fully saturated rings. The third-order valence-corrected chi connectivity index (χ3v) is 4.19. The number of nitrogens with two attached hydrogens (primary N) is 1. The molecule has 1 aromatic heterocycles. The average molecular weight is 289 g/mol. The van der Waals surface area contributed by atoms with Crippen molar-refractivity contribution in [1.29, 1.82) is 0 Å². The Morgan fingerprint density at radius 3 is 2.70 bits per heavy atom. The van der Waals surface area contributed by atoms with Gasteiger partial charge in [0.05, 0.1) is 0 Å². The van der Waals surface area contributed by atoms with Crippen molar-refractivity contribution in [3.05, 3.63) is 52.2 Å². The maximum Gasteiger partial charge on any atom is 0.0468 e. The Labute approximate surface area is 125 Å². The second kappa shape index (κ2) is 8.04. The first kappa shape index (κ1) is 15.0. The summed E-state index contributed by atoms with van der Waals surface area (Å²) in [4.78, 5) is 3.60. The van der Waals surface area contributed by atoms with Gasteiger partial charge in [-0.2, -0.15) is 0 Å². The van der Waals surface area contributed by atoms with E-state index in [1.54, 1.807) is 11.3 Å². The zero-order valence-electron chi connectivity index (χ0n) is 12.0. The first-order valence-electron chi connectivity index (χ1n) is 7.01. The summed E-state index contributed by atoms with van der Waals surface area (Å²) in [5.74, 6) is 0. The molecular weight excluding hydrogens is 266 g/mol. The Bertz CT molecular complexity index is 495. The van der Waals surface area contributed by atoms with Crippen LogP contribution >= 0.6 is 11.3 Å². The maximum absolute atomic E-state index is 5.85. The van der Waals surface area contributed by atoms with E-state index < -0.39 is 0 Å². The Hall–Kier alpha value is -1.36. The third kappa shape index (κ3) is 4.96. The average Bonchev–Trinajstić information content (AvgIpc) is 2.85. The standard InChI is InChI=1S/C16H23N3S/c1-19(13-14-6-3-2-4-7-14)10-5-9-18-12-16-15(17)8-11-20-16/h2-4,6-8,11,18H,5,9-10,12-13,17H2,1H3. The molecule has 0 saturated heterocycles. The van der Waals surface area contributed by atoms with Crippen molar-refractivity contribution in [3.63, 3.8) is 0 Å². The third-order valence-electron chi connectivity index (χ3n) is 3.25. The predicted molar refractivity (Wildman–Crippen MR) is 87.8 cm³/mol. The lowest BCUT2D eigenvalue weighted by Crippen LogP contribution is -2.23. The van der Waals surface area contributed by atoms with E-state index >= 15 is 0 Å². The van der Waals surface area contributed by atoms with Crippen LogP contribution in [0.25, 0.3) is 0 Å². The van der Waals surface area contributed by atoms with Crippen LogP contribution in [0.4, 0.5) is 5.69 Å². The summed E-state index contributed by atoms with van der Waals surface area (Å²) in [7, 11) is 2.17. The first-order valence-corrected chi connectivity index (χ1v) is 7.88. The van der Waals surface area contributed by atoms with Crippen LogP contribution in [0.1, 0.15) is 16.9 Å². The summed E-state index contributed by atoms with van der Waals surface area (Å²) in [6, 6.07) is 12.6. The highest BCUT2D eigenvalue weighted by atomic mass is 32.1. The molecule has 0 atom stereocenters. The Kier molecular flexibility index (Phi) is 6.05. The lowest BCUT2D eigenvalue weighted by Gasteiger charge is -2.16. The molecule has 1 heterocycles. The van der Waals surface area contributed by atoms with Crippen molar-refractivity contribution < 1.29 is 0 Å². The van der Waals surface area contributed by atoms with Crippen molar-refractivity contribution in [1.82, 2.24) is 10.2 Å². The van der Waals surface area contributed by atoms with Crippen molar-refractivity contribution in [2.75, 3.05) is 25.9 Å². The highest BCUT2D eigenvalue weighted by Gasteiger charge is 2.01. The van der Waals surface area contributed by atoms with Gasteiger partial charge in [-0.1, -0.05) is 30.3 Å². The van der Waals surface area contributed by atoms with E-state index in [9.17, 15) is 0 Å². The van der Waals surface area contributed by atoms with Crippen molar-refractivity contribution >= 4 is 17.0 Å². The topological polar surface area (TPSA) is 41.3 Å². The van der Waals surface area contributed by atoms with Crippen LogP contribution in [0.2, 0.25) is 0 Å². The summed E-state index contributed by atoms with van der Waals surface area (Å²) < 4.78 is 0. The van der Waals surface area contributed by atoms with Gasteiger partial charge in [-0.05, 0) is 43.6 Å². The van der Waals surface area contributed by atoms with Crippen LogP contribution < -0.4 is 11.1 Å². The lowest BCUT2D eigenvalue weighted by atomic mass is 10.2. The normalized spacial score (nSPS) is 11.1. The number of nitrogens with one attached hydrogen (secondary N) is 1. The molecule has 0 bridgehead atoms. The second-order valence-corrected chi connectivity index (χ2v) is 6.05. The molecule has 20 heavy (non-hydrogen) atoms. The van der Waals surface area contributed by atoms with E-state index in [0.29, 0.717) is 0 Å². The molecule has 0 aliphatic rings. The fraction of sp³-hybridized carbons (Fsp3) is 0.375. The molecule has 0 aliphatic heterocycles. The SMILES string of the molecule is CN(CCCNCc1sccc1N)Cc1ccccc1. The summed E-state index contributed by atoms with van der Waals surface area (Å²) in [6.45, 7) is 4.02. The summed E-state index contributed by atoms with van der Waals surface area (Å²) in [6.07, 6.45) is 1.15.